The molecule has 0 aliphatic rings. The number of hydrogen-bond acceptors (Lipinski definition) is 6. The van der Waals surface area contributed by atoms with Crippen LogP contribution in [0.25, 0.3) is 0 Å². The highest BCUT2D eigenvalue weighted by atomic mass is 35.5. The van der Waals surface area contributed by atoms with Crippen molar-refractivity contribution >= 4 is 70.1 Å². The van der Waals surface area contributed by atoms with Crippen LogP contribution in [0.2, 0.25) is 0 Å². The molecular formula is C15H21Cl3O3S3. The van der Waals surface area contributed by atoms with Gasteiger partial charge in [-0.1, -0.05) is 0 Å². The number of benzene rings is 1. The molecule has 24 heavy (non-hydrogen) atoms. The summed E-state index contributed by atoms with van der Waals surface area (Å²) in [5.41, 5.74) is 0. The first-order valence-electron chi connectivity index (χ1n) is 7.24. The molecule has 0 aliphatic heterocycles. The van der Waals surface area contributed by atoms with Crippen LogP contribution in [0, 0.1) is 0 Å². The van der Waals surface area contributed by atoms with Gasteiger partial charge in [0.05, 0.1) is 18.3 Å². The van der Waals surface area contributed by atoms with Gasteiger partial charge in [0.25, 0.3) is 0 Å². The summed E-state index contributed by atoms with van der Waals surface area (Å²) < 4.78 is 0. The average molecular weight is 452 g/mol. The van der Waals surface area contributed by atoms with Gasteiger partial charge in [-0.2, -0.15) is 0 Å². The minimum Gasteiger partial charge on any atom is -0.391 e. The Balaban J connectivity index is 2.79. The summed E-state index contributed by atoms with van der Waals surface area (Å²) >= 11 is 21.5. The molecule has 138 valence electrons. The molecule has 0 aliphatic carbocycles. The van der Waals surface area contributed by atoms with Crippen molar-refractivity contribution < 1.29 is 15.3 Å². The van der Waals surface area contributed by atoms with E-state index in [1.807, 2.05) is 18.2 Å². The minimum absolute atomic E-state index is 0.201. The largest absolute Gasteiger partial charge is 0.391 e. The van der Waals surface area contributed by atoms with E-state index in [1.54, 1.807) is 0 Å². The lowest BCUT2D eigenvalue weighted by molar-refractivity contribution is 0.223. The molecule has 0 heterocycles. The predicted molar refractivity (Wildman–Crippen MR) is 109 cm³/mol. The molecule has 1 rings (SSSR count). The first-order valence-corrected chi connectivity index (χ1v) is 11.8. The van der Waals surface area contributed by atoms with Crippen LogP contribution in [0.4, 0.5) is 0 Å². The zero-order valence-corrected chi connectivity index (χ0v) is 17.6. The first-order chi connectivity index (χ1) is 11.5. The number of hydrogen-bond donors (Lipinski definition) is 3. The average Bonchev–Trinajstić information content (AvgIpc) is 2.61. The molecule has 3 N–H and O–H groups in total. The van der Waals surface area contributed by atoms with E-state index in [9.17, 15) is 15.3 Å². The molecule has 1 aromatic carbocycles. The first kappa shape index (κ1) is 23.1. The van der Waals surface area contributed by atoms with Crippen molar-refractivity contribution in [3.05, 3.63) is 18.2 Å². The van der Waals surface area contributed by atoms with Gasteiger partial charge in [-0.15, -0.1) is 70.1 Å². The Bertz CT molecular complexity index is 404. The van der Waals surface area contributed by atoms with Crippen molar-refractivity contribution in [3.63, 3.8) is 0 Å². The van der Waals surface area contributed by atoms with Crippen LogP contribution in [0.5, 0.6) is 0 Å². The highest BCUT2D eigenvalue weighted by Gasteiger charge is 2.10. The Morgan fingerprint density at radius 2 is 0.875 bits per heavy atom. The van der Waals surface area contributed by atoms with Crippen LogP contribution in [-0.4, -0.2) is 68.5 Å². The highest BCUT2D eigenvalue weighted by Crippen LogP contribution is 2.32. The van der Waals surface area contributed by atoms with Gasteiger partial charge < -0.3 is 15.3 Å². The Hall–Kier alpha value is 1.02. The molecule has 3 atom stereocenters. The van der Waals surface area contributed by atoms with Crippen LogP contribution in [0.3, 0.4) is 0 Å². The van der Waals surface area contributed by atoms with Crippen molar-refractivity contribution in [2.24, 2.45) is 0 Å². The van der Waals surface area contributed by atoms with E-state index in [0.29, 0.717) is 17.3 Å². The van der Waals surface area contributed by atoms with Crippen LogP contribution >= 0.6 is 70.1 Å². The van der Waals surface area contributed by atoms with Gasteiger partial charge in [0.1, 0.15) is 0 Å². The molecule has 3 nitrogen and oxygen atoms in total. The van der Waals surface area contributed by atoms with Gasteiger partial charge in [-0.25, -0.2) is 0 Å². The number of aliphatic hydroxyl groups excluding tert-OH is 3. The Morgan fingerprint density at radius 3 is 1.08 bits per heavy atom. The SMILES string of the molecule is OC(CCl)CSc1cc(SCC(O)CCl)cc(SCC(O)CCl)c1. The third-order valence-corrected chi connectivity index (χ3v) is 7.15. The van der Waals surface area contributed by atoms with Crippen LogP contribution in [0.1, 0.15) is 0 Å². The topological polar surface area (TPSA) is 60.7 Å². The summed E-state index contributed by atoms with van der Waals surface area (Å²) in [6.07, 6.45) is -1.67. The number of aliphatic hydroxyl groups is 3. The molecular weight excluding hydrogens is 431 g/mol. The second-order valence-electron chi connectivity index (χ2n) is 5.00. The fraction of sp³-hybridized carbons (Fsp3) is 0.600. The van der Waals surface area contributed by atoms with Gasteiger partial charge in [0.2, 0.25) is 0 Å². The van der Waals surface area contributed by atoms with E-state index in [4.69, 9.17) is 34.8 Å². The molecule has 1 aromatic rings. The zero-order chi connectivity index (χ0) is 17.9. The fourth-order valence-electron chi connectivity index (χ4n) is 1.51. The second kappa shape index (κ2) is 13.2. The molecule has 0 aromatic heterocycles. The summed E-state index contributed by atoms with van der Waals surface area (Å²) in [4.78, 5) is 3.02. The van der Waals surface area contributed by atoms with E-state index < -0.39 is 18.3 Å². The third-order valence-electron chi connectivity index (χ3n) is 2.72. The monoisotopic (exact) mass is 450 g/mol. The molecule has 0 radical (unpaired) electrons. The molecule has 0 saturated carbocycles. The second-order valence-corrected chi connectivity index (χ2v) is 9.20. The quantitative estimate of drug-likeness (QED) is 0.332. The van der Waals surface area contributed by atoms with E-state index in [0.717, 1.165) is 14.7 Å². The van der Waals surface area contributed by atoms with Gasteiger partial charge in [0.15, 0.2) is 0 Å². The lowest BCUT2D eigenvalue weighted by Gasteiger charge is -2.13. The standard InChI is InChI=1S/C15H21Cl3O3S3/c16-4-10(19)7-22-13-1-14(23-8-11(20)5-17)3-15(2-13)24-9-12(21)6-18/h1-3,10-12,19-21H,4-9H2. The van der Waals surface area contributed by atoms with Crippen molar-refractivity contribution in [2.45, 2.75) is 33.0 Å². The van der Waals surface area contributed by atoms with E-state index in [2.05, 4.69) is 0 Å². The fourth-order valence-corrected chi connectivity index (χ4v) is 5.22. The summed E-state index contributed by atoms with van der Waals surface area (Å²) in [6.45, 7) is 0. The van der Waals surface area contributed by atoms with Crippen LogP contribution < -0.4 is 0 Å². The lowest BCUT2D eigenvalue weighted by Crippen LogP contribution is -2.12. The normalized spacial score (nSPS) is 15.2. The summed E-state index contributed by atoms with van der Waals surface area (Å²) in [5.74, 6) is 2.13. The maximum Gasteiger partial charge on any atom is 0.0769 e. The molecule has 0 spiro atoms. The molecule has 0 saturated heterocycles. The van der Waals surface area contributed by atoms with Crippen molar-refractivity contribution in [1.29, 1.82) is 0 Å². The Morgan fingerprint density at radius 1 is 0.625 bits per heavy atom. The van der Waals surface area contributed by atoms with E-state index >= 15 is 0 Å². The van der Waals surface area contributed by atoms with Crippen LogP contribution in [0.15, 0.2) is 32.9 Å². The lowest BCUT2D eigenvalue weighted by atomic mass is 10.4. The number of rotatable bonds is 12. The van der Waals surface area contributed by atoms with Crippen molar-refractivity contribution in [1.82, 2.24) is 0 Å². The minimum atomic E-state index is -0.555. The maximum absolute atomic E-state index is 9.62. The van der Waals surface area contributed by atoms with Gasteiger partial charge >= 0.3 is 0 Å². The Kier molecular flexibility index (Phi) is 12.7. The Labute approximate surface area is 170 Å². The predicted octanol–water partition coefficient (Wildman–Crippen LogP) is 3.76. The van der Waals surface area contributed by atoms with E-state index in [1.165, 1.54) is 35.3 Å². The van der Waals surface area contributed by atoms with E-state index in [-0.39, 0.29) is 17.6 Å². The van der Waals surface area contributed by atoms with Gasteiger partial charge in [-0.05, 0) is 18.2 Å². The maximum atomic E-state index is 9.62. The summed E-state index contributed by atoms with van der Waals surface area (Å²) in [7, 11) is 0. The summed E-state index contributed by atoms with van der Waals surface area (Å²) in [5, 5.41) is 28.8. The zero-order valence-electron chi connectivity index (χ0n) is 12.9. The highest BCUT2D eigenvalue weighted by molar-refractivity contribution is 8.00. The summed E-state index contributed by atoms with van der Waals surface area (Å²) in [6, 6.07) is 6.04. The molecule has 0 fully saturated rings. The molecule has 3 unspecified atom stereocenters. The number of alkyl halides is 3. The van der Waals surface area contributed by atoms with Gasteiger partial charge in [0, 0.05) is 49.6 Å². The number of thioether (sulfide) groups is 3. The molecule has 9 heteroatoms. The molecule has 0 amide bonds. The van der Waals surface area contributed by atoms with Crippen molar-refractivity contribution in [2.75, 3.05) is 34.9 Å². The molecule has 0 bridgehead atoms. The third kappa shape index (κ3) is 9.64. The smallest absolute Gasteiger partial charge is 0.0769 e. The van der Waals surface area contributed by atoms with Gasteiger partial charge in [-0.3, -0.25) is 0 Å². The van der Waals surface area contributed by atoms with Crippen molar-refractivity contribution in [3.8, 4) is 0 Å². The van der Waals surface area contributed by atoms with Crippen LogP contribution in [-0.2, 0) is 0 Å². The number of halogens is 3.